The van der Waals surface area contributed by atoms with Gasteiger partial charge in [0.2, 0.25) is 0 Å². The van der Waals surface area contributed by atoms with Crippen LogP contribution in [0.25, 0.3) is 0 Å². The van der Waals surface area contributed by atoms with E-state index < -0.39 is 30.5 Å². The Kier molecular flexibility index (Phi) is 9.04. The molecule has 0 saturated carbocycles. The van der Waals surface area contributed by atoms with Gasteiger partial charge in [-0.15, -0.1) is 0 Å². The van der Waals surface area contributed by atoms with Crippen molar-refractivity contribution in [1.29, 1.82) is 0 Å². The highest BCUT2D eigenvalue weighted by Crippen LogP contribution is 2.40. The highest BCUT2D eigenvalue weighted by atomic mass is 35.5. The summed E-state index contributed by atoms with van der Waals surface area (Å²) in [5, 5.41) is 32.4. The third kappa shape index (κ3) is 6.02. The number of aliphatic hydroxyl groups excluding tert-OH is 3. The maximum absolute atomic E-state index is 10.8. The first kappa shape index (κ1) is 25.6. The number of hydrogen-bond donors (Lipinski definition) is 3. The van der Waals surface area contributed by atoms with Gasteiger partial charge < -0.3 is 34.3 Å². The summed E-state index contributed by atoms with van der Waals surface area (Å²) < 4.78 is 23.5. The number of hydrogen-bond acceptors (Lipinski definition) is 7. The molecule has 8 heteroatoms. The topological polar surface area (TPSA) is 97.6 Å². The molecule has 3 N–H and O–H groups in total. The molecule has 2 aliphatic heterocycles. The summed E-state index contributed by atoms with van der Waals surface area (Å²) in [5.41, 5.74) is 2.59. The van der Waals surface area contributed by atoms with Gasteiger partial charge in [-0.2, -0.15) is 0 Å². The molecule has 0 aromatic heterocycles. The molecule has 1 aliphatic carbocycles. The molecule has 0 spiro atoms. The molecule has 2 bridgehead atoms. The summed E-state index contributed by atoms with van der Waals surface area (Å²) >= 11 is 6.66. The van der Waals surface area contributed by atoms with Gasteiger partial charge >= 0.3 is 0 Å². The molecular formula is C26H35ClO7. The van der Waals surface area contributed by atoms with Gasteiger partial charge in [0.15, 0.2) is 0 Å². The highest BCUT2D eigenvalue weighted by Gasteiger charge is 2.45. The van der Waals surface area contributed by atoms with Crippen molar-refractivity contribution in [2.45, 2.75) is 75.7 Å². The third-order valence-electron chi connectivity index (χ3n) is 6.58. The number of ether oxygens (including phenoxy) is 4. The molecule has 3 aliphatic rings. The fraction of sp³-hybridized carbons (Fsp3) is 0.615. The van der Waals surface area contributed by atoms with E-state index in [0.29, 0.717) is 42.6 Å². The van der Waals surface area contributed by atoms with Crippen LogP contribution in [0.4, 0.5) is 0 Å². The van der Waals surface area contributed by atoms with E-state index in [4.69, 9.17) is 30.5 Å². The van der Waals surface area contributed by atoms with Gasteiger partial charge in [-0.25, -0.2) is 0 Å². The Morgan fingerprint density at radius 3 is 2.65 bits per heavy atom. The van der Waals surface area contributed by atoms with E-state index in [2.05, 4.69) is 18.2 Å². The minimum atomic E-state index is -1.37. The first-order valence-electron chi connectivity index (χ1n) is 12.2. The van der Waals surface area contributed by atoms with Crippen LogP contribution in [0.15, 0.2) is 35.9 Å². The van der Waals surface area contributed by atoms with E-state index >= 15 is 0 Å². The number of aliphatic hydroxyl groups is 3. The summed E-state index contributed by atoms with van der Waals surface area (Å²) in [7, 11) is 0. The number of halogens is 1. The lowest BCUT2D eigenvalue weighted by atomic mass is 9.89. The second-order valence-electron chi connectivity index (χ2n) is 9.08. The molecule has 1 saturated heterocycles. The molecule has 1 fully saturated rings. The average molecular weight is 495 g/mol. The van der Waals surface area contributed by atoms with Crippen molar-refractivity contribution in [3.8, 4) is 5.75 Å². The van der Waals surface area contributed by atoms with Gasteiger partial charge in [0.25, 0.3) is 0 Å². The van der Waals surface area contributed by atoms with Crippen LogP contribution in [0, 0.1) is 0 Å². The van der Waals surface area contributed by atoms with E-state index in [1.807, 2.05) is 13.0 Å². The van der Waals surface area contributed by atoms with Crippen molar-refractivity contribution in [1.82, 2.24) is 0 Å². The van der Waals surface area contributed by atoms with Crippen LogP contribution in [-0.4, -0.2) is 72.3 Å². The van der Waals surface area contributed by atoms with E-state index in [-0.39, 0.29) is 12.7 Å². The summed E-state index contributed by atoms with van der Waals surface area (Å²) in [6, 6.07) is 3.65. The zero-order valence-electron chi connectivity index (χ0n) is 19.6. The van der Waals surface area contributed by atoms with Crippen LogP contribution < -0.4 is 4.74 Å². The second kappa shape index (κ2) is 12.0. The van der Waals surface area contributed by atoms with E-state index in [0.717, 1.165) is 36.8 Å². The molecule has 4 rings (SSSR count). The van der Waals surface area contributed by atoms with Crippen molar-refractivity contribution in [2.24, 2.45) is 0 Å². The Balaban J connectivity index is 1.64. The fourth-order valence-electron chi connectivity index (χ4n) is 4.65. The largest absolute Gasteiger partial charge is 0.493 e. The van der Waals surface area contributed by atoms with Gasteiger partial charge in [0, 0.05) is 23.8 Å². The molecule has 1 unspecified atom stereocenters. The number of benzene rings is 1. The number of allylic oxidation sites excluding steroid dienone is 2. The molecule has 1 aromatic rings. The summed E-state index contributed by atoms with van der Waals surface area (Å²) in [5.74, 6) is 0.518. The summed E-state index contributed by atoms with van der Waals surface area (Å²) in [4.78, 5) is 0. The molecule has 1 aromatic carbocycles. The van der Waals surface area contributed by atoms with Crippen LogP contribution in [0.2, 0.25) is 5.02 Å². The molecule has 188 valence electrons. The molecule has 6 atom stereocenters. The predicted octanol–water partition coefficient (Wildman–Crippen LogP) is 3.28. The number of rotatable bonds is 4. The molecule has 0 amide bonds. The Labute approximate surface area is 205 Å². The zero-order valence-corrected chi connectivity index (χ0v) is 20.3. The van der Waals surface area contributed by atoms with Gasteiger partial charge in [-0.05, 0) is 62.3 Å². The van der Waals surface area contributed by atoms with E-state index in [9.17, 15) is 15.3 Å². The maximum atomic E-state index is 10.8. The fourth-order valence-corrected chi connectivity index (χ4v) is 4.87. The van der Waals surface area contributed by atoms with Crippen LogP contribution in [0.3, 0.4) is 0 Å². The molecule has 0 radical (unpaired) electrons. The zero-order chi connectivity index (χ0) is 24.1. The van der Waals surface area contributed by atoms with Crippen molar-refractivity contribution in [2.75, 3.05) is 26.4 Å². The molecule has 7 nitrogen and oxygen atoms in total. The second-order valence-corrected chi connectivity index (χ2v) is 9.48. The lowest BCUT2D eigenvalue weighted by molar-refractivity contribution is -0.235. The van der Waals surface area contributed by atoms with Crippen molar-refractivity contribution >= 4 is 11.6 Å². The van der Waals surface area contributed by atoms with Crippen molar-refractivity contribution in [3.63, 3.8) is 0 Å². The van der Waals surface area contributed by atoms with Crippen LogP contribution in [0.1, 0.15) is 49.8 Å². The van der Waals surface area contributed by atoms with Gasteiger partial charge in [0.1, 0.15) is 36.3 Å². The quantitative estimate of drug-likeness (QED) is 0.591. The smallest absolute Gasteiger partial charge is 0.126 e. The Hall–Kier alpha value is -1.45. The Morgan fingerprint density at radius 2 is 1.88 bits per heavy atom. The minimum absolute atomic E-state index is 0.0936. The third-order valence-corrected chi connectivity index (χ3v) is 6.93. The van der Waals surface area contributed by atoms with Crippen LogP contribution in [0.5, 0.6) is 5.75 Å². The lowest BCUT2D eigenvalue weighted by Crippen LogP contribution is -2.55. The van der Waals surface area contributed by atoms with Crippen LogP contribution in [-0.2, 0) is 20.6 Å². The van der Waals surface area contributed by atoms with Crippen LogP contribution >= 0.6 is 11.6 Å². The molecule has 34 heavy (non-hydrogen) atoms. The molecular weight excluding hydrogens is 460 g/mol. The Bertz CT molecular complexity index is 886. The highest BCUT2D eigenvalue weighted by molar-refractivity contribution is 6.31. The minimum Gasteiger partial charge on any atom is -0.493 e. The van der Waals surface area contributed by atoms with E-state index in [1.165, 1.54) is 0 Å². The standard InChI is InChI=1S/C26H35ClO7/c1-2-32-18-8-6-16(7-9-18)12-17-13-19-21(14-20(17)27)33-11-5-3-4-10-31-15-22-23(28)24(29)25(30)26(19)34-22/h6-8,13-14,18,22-26,28-30H,2-5,9-12,15H2,1H3/t18?,22-,23-,24+,25-,26+/m1/s1. The maximum Gasteiger partial charge on any atom is 0.126 e. The first-order chi connectivity index (χ1) is 16.5. The normalized spacial score (nSPS) is 32.4. The van der Waals surface area contributed by atoms with E-state index in [1.54, 1.807) is 6.07 Å². The van der Waals surface area contributed by atoms with Gasteiger partial charge in [0.05, 0.1) is 19.3 Å². The lowest BCUT2D eigenvalue weighted by Gasteiger charge is -2.41. The average Bonchev–Trinajstić information content (AvgIpc) is 2.84. The van der Waals surface area contributed by atoms with Gasteiger partial charge in [-0.1, -0.05) is 29.8 Å². The van der Waals surface area contributed by atoms with Crippen molar-refractivity contribution in [3.05, 3.63) is 52.1 Å². The summed E-state index contributed by atoms with van der Waals surface area (Å²) in [6.07, 6.45) is 4.81. The van der Waals surface area contributed by atoms with Crippen molar-refractivity contribution < 1.29 is 34.3 Å². The SMILES string of the molecule is CCOC1C=CC(Cc2cc3c(cc2Cl)OCCCCCOC[C@H]2O[C@@H]3[C@H](O)[C@@H](O)[C@@H]2O)=CC1. The molecule has 2 heterocycles. The summed E-state index contributed by atoms with van der Waals surface area (Å²) in [6.45, 7) is 3.82. The monoisotopic (exact) mass is 494 g/mol. The van der Waals surface area contributed by atoms with Gasteiger partial charge in [-0.3, -0.25) is 0 Å². The predicted molar refractivity (Wildman–Crippen MR) is 128 cm³/mol. The first-order valence-corrected chi connectivity index (χ1v) is 12.6. The Morgan fingerprint density at radius 1 is 1.06 bits per heavy atom. The number of fused-ring (bicyclic) bond motifs is 4.